The van der Waals surface area contributed by atoms with Gasteiger partial charge in [0.1, 0.15) is 10.0 Å². The fourth-order valence-corrected chi connectivity index (χ4v) is 5.84. The fraction of sp³-hybridized carbons (Fsp3) is 0.143. The average Bonchev–Trinajstić information content (AvgIpc) is 3.44. The van der Waals surface area contributed by atoms with Crippen LogP contribution in [0.1, 0.15) is 21.5 Å². The molecule has 3 N–H and O–H groups in total. The van der Waals surface area contributed by atoms with Gasteiger partial charge in [0.2, 0.25) is 5.91 Å². The number of imide groups is 1. The van der Waals surface area contributed by atoms with Crippen LogP contribution in [0.2, 0.25) is 0 Å². The van der Waals surface area contributed by atoms with E-state index < -0.39 is 33.0 Å². The van der Waals surface area contributed by atoms with Crippen LogP contribution >= 0.6 is 11.3 Å². The van der Waals surface area contributed by atoms with Gasteiger partial charge in [-0.3, -0.25) is 9.59 Å². The van der Waals surface area contributed by atoms with E-state index in [4.69, 9.17) is 0 Å². The lowest BCUT2D eigenvalue weighted by molar-refractivity contribution is -0.117. The molecule has 10 nitrogen and oxygen atoms in total. The van der Waals surface area contributed by atoms with Crippen LogP contribution in [0.15, 0.2) is 46.8 Å². The van der Waals surface area contributed by atoms with Gasteiger partial charge in [0.25, 0.3) is 15.9 Å². The van der Waals surface area contributed by atoms with Crippen molar-refractivity contribution in [3.63, 3.8) is 0 Å². The van der Waals surface area contributed by atoms with Crippen molar-refractivity contribution in [1.82, 2.24) is 9.71 Å². The van der Waals surface area contributed by atoms with Crippen LogP contribution in [-0.4, -0.2) is 37.8 Å². The largest absolute Gasteiger partial charge is 0.384 e. The zero-order valence-electron chi connectivity index (χ0n) is 17.3. The molecule has 34 heavy (non-hydrogen) atoms. The summed E-state index contributed by atoms with van der Waals surface area (Å²) in [5.41, 5.74) is 3.22. The van der Waals surface area contributed by atoms with Crippen LogP contribution in [0, 0.1) is 5.13 Å². The third-order valence-corrected chi connectivity index (χ3v) is 8.10. The molecule has 0 saturated carbocycles. The molecule has 2 aromatic heterocycles. The fourth-order valence-electron chi connectivity index (χ4n) is 3.93. The highest BCUT2D eigenvalue weighted by Crippen LogP contribution is 2.33. The summed E-state index contributed by atoms with van der Waals surface area (Å²) in [5, 5.41) is 4.82. The number of carbonyl (C=O) groups excluding carboxylic acids is 3. The maximum absolute atomic E-state index is 13.1. The van der Waals surface area contributed by atoms with E-state index in [2.05, 4.69) is 15.6 Å². The number of nitrogens with one attached hydrogen (secondary N) is 3. The molecule has 0 spiro atoms. The number of hydrogen-bond acceptors (Lipinski definition) is 8. The van der Waals surface area contributed by atoms with Crippen LogP contribution in [0.3, 0.4) is 0 Å². The number of amides is 4. The van der Waals surface area contributed by atoms with Gasteiger partial charge in [-0.05, 0) is 53.9 Å². The molecular weight excluding hydrogens is 485 g/mol. The Kier molecular flexibility index (Phi) is 5.29. The second-order valence-corrected chi connectivity index (χ2v) is 10.5. The lowest BCUT2D eigenvalue weighted by Crippen LogP contribution is -2.43. The number of urea groups is 1. The van der Waals surface area contributed by atoms with Gasteiger partial charge >= 0.3 is 6.03 Å². The number of thiophene rings is 1. The molecule has 0 radical (unpaired) electrons. The SMILES string of the molecule is O=C(Nc1ccc(N2C(=O)Cc3c(ccc4c3CCN4)C2=O)nc1)NS(=O)(=O)c1ccc(F)s1. The maximum atomic E-state index is 13.1. The summed E-state index contributed by atoms with van der Waals surface area (Å²) >= 11 is 0.380. The van der Waals surface area contributed by atoms with E-state index in [-0.39, 0.29) is 22.1 Å². The molecule has 0 fully saturated rings. The molecule has 5 rings (SSSR count). The minimum atomic E-state index is -4.24. The van der Waals surface area contributed by atoms with Crippen LogP contribution in [-0.2, 0) is 27.7 Å². The zero-order valence-corrected chi connectivity index (χ0v) is 18.9. The molecule has 174 valence electrons. The van der Waals surface area contributed by atoms with Gasteiger partial charge in [0.15, 0.2) is 5.13 Å². The van der Waals surface area contributed by atoms with Crippen molar-refractivity contribution in [2.45, 2.75) is 17.1 Å². The Bertz CT molecular complexity index is 1450. The van der Waals surface area contributed by atoms with E-state index in [1.54, 1.807) is 10.8 Å². The lowest BCUT2D eigenvalue weighted by Gasteiger charge is -2.27. The molecule has 2 aliphatic heterocycles. The van der Waals surface area contributed by atoms with Crippen LogP contribution in [0.4, 0.5) is 26.4 Å². The Morgan fingerprint density at radius 1 is 1.12 bits per heavy atom. The first-order valence-corrected chi connectivity index (χ1v) is 12.3. The van der Waals surface area contributed by atoms with E-state index in [0.717, 1.165) is 46.8 Å². The number of aromatic nitrogens is 1. The second kappa shape index (κ2) is 8.18. The summed E-state index contributed by atoms with van der Waals surface area (Å²) in [6.45, 7) is 0.757. The lowest BCUT2D eigenvalue weighted by atomic mass is 9.92. The van der Waals surface area contributed by atoms with Crippen molar-refractivity contribution in [3.8, 4) is 0 Å². The number of hydrogen-bond donors (Lipinski definition) is 3. The highest BCUT2D eigenvalue weighted by molar-refractivity contribution is 7.92. The number of rotatable bonds is 4. The predicted molar refractivity (Wildman–Crippen MR) is 122 cm³/mol. The summed E-state index contributed by atoms with van der Waals surface area (Å²) in [7, 11) is -4.24. The molecule has 0 bridgehead atoms. The normalized spacial score (nSPS) is 14.9. The molecular formula is C21H16FN5O5S2. The minimum Gasteiger partial charge on any atom is -0.384 e. The second-order valence-electron chi connectivity index (χ2n) is 7.53. The van der Waals surface area contributed by atoms with E-state index in [9.17, 15) is 27.2 Å². The summed E-state index contributed by atoms with van der Waals surface area (Å²) in [4.78, 5) is 43.0. The van der Waals surface area contributed by atoms with Crippen molar-refractivity contribution < 1.29 is 27.2 Å². The Morgan fingerprint density at radius 2 is 1.94 bits per heavy atom. The standard InChI is InChI=1S/C21H16FN5O5S2/c22-16-4-6-19(33-16)34(31,32)26-21(30)25-11-1-5-17(24-10-11)27-18(28)9-14-12-7-8-23-15(12)3-2-13(14)20(27)29/h1-6,10,23H,7-9H2,(H2,25,26,30). The highest BCUT2D eigenvalue weighted by atomic mass is 32.2. The highest BCUT2D eigenvalue weighted by Gasteiger charge is 2.35. The maximum Gasteiger partial charge on any atom is 0.333 e. The van der Waals surface area contributed by atoms with Crippen molar-refractivity contribution in [2.24, 2.45) is 0 Å². The Balaban J connectivity index is 1.31. The first-order chi connectivity index (χ1) is 16.2. The Labute approximate surface area is 196 Å². The quantitative estimate of drug-likeness (QED) is 0.467. The number of halogens is 1. The number of anilines is 3. The van der Waals surface area contributed by atoms with Crippen LogP contribution in [0.25, 0.3) is 0 Å². The molecule has 0 saturated heterocycles. The van der Waals surface area contributed by atoms with Crippen molar-refractivity contribution in [3.05, 3.63) is 64.4 Å². The van der Waals surface area contributed by atoms with Gasteiger partial charge < -0.3 is 10.6 Å². The molecule has 0 atom stereocenters. The zero-order chi connectivity index (χ0) is 24.0. The molecule has 2 aliphatic rings. The van der Waals surface area contributed by atoms with Gasteiger partial charge in [-0.15, -0.1) is 0 Å². The average molecular weight is 502 g/mol. The molecule has 0 aliphatic carbocycles. The molecule has 3 aromatic rings. The van der Waals surface area contributed by atoms with Gasteiger partial charge in [-0.25, -0.2) is 27.8 Å². The molecule has 4 heterocycles. The summed E-state index contributed by atoms with van der Waals surface area (Å²) in [6.07, 6.45) is 2.00. The van der Waals surface area contributed by atoms with Gasteiger partial charge in [0.05, 0.1) is 18.3 Å². The van der Waals surface area contributed by atoms with E-state index >= 15 is 0 Å². The van der Waals surface area contributed by atoms with Gasteiger partial charge in [0, 0.05) is 17.8 Å². The van der Waals surface area contributed by atoms with Gasteiger partial charge in [-0.2, -0.15) is 4.39 Å². The van der Waals surface area contributed by atoms with Crippen LogP contribution in [0.5, 0.6) is 0 Å². The molecule has 13 heteroatoms. The van der Waals surface area contributed by atoms with Crippen molar-refractivity contribution in [1.29, 1.82) is 0 Å². The monoisotopic (exact) mass is 501 g/mol. The number of fused-ring (bicyclic) bond motifs is 3. The third-order valence-electron chi connectivity index (χ3n) is 5.41. The first-order valence-electron chi connectivity index (χ1n) is 10.0. The molecule has 4 amide bonds. The summed E-state index contributed by atoms with van der Waals surface area (Å²) < 4.78 is 38.8. The van der Waals surface area contributed by atoms with Gasteiger partial charge in [-0.1, -0.05) is 11.3 Å². The third kappa shape index (κ3) is 3.88. The minimum absolute atomic E-state index is 0.0667. The van der Waals surface area contributed by atoms with E-state index in [1.165, 1.54) is 18.3 Å². The van der Waals surface area contributed by atoms with E-state index in [1.807, 2.05) is 6.07 Å². The number of carbonyl (C=O) groups is 3. The van der Waals surface area contributed by atoms with E-state index in [0.29, 0.717) is 16.9 Å². The number of pyridine rings is 1. The smallest absolute Gasteiger partial charge is 0.333 e. The Morgan fingerprint density at radius 3 is 2.65 bits per heavy atom. The molecule has 0 unspecified atom stereocenters. The van der Waals surface area contributed by atoms with Crippen LogP contribution < -0.4 is 20.3 Å². The molecule has 1 aromatic carbocycles. The van der Waals surface area contributed by atoms with Crippen molar-refractivity contribution >= 4 is 56.4 Å². The summed E-state index contributed by atoms with van der Waals surface area (Å²) in [6, 6.07) is 7.20. The number of benzene rings is 1. The Hall–Kier alpha value is -3.84. The number of sulfonamides is 1. The topological polar surface area (TPSA) is 138 Å². The number of nitrogens with zero attached hydrogens (tertiary/aromatic N) is 2. The first kappa shape index (κ1) is 22.0. The predicted octanol–water partition coefficient (Wildman–Crippen LogP) is 2.49. The van der Waals surface area contributed by atoms with Crippen molar-refractivity contribution in [2.75, 3.05) is 22.1 Å². The summed E-state index contributed by atoms with van der Waals surface area (Å²) in [5.74, 6) is -0.828.